The van der Waals surface area contributed by atoms with Crippen molar-refractivity contribution in [1.29, 1.82) is 0 Å². The molecule has 4 N–H and O–H groups in total. The van der Waals surface area contributed by atoms with Gasteiger partial charge in [-0.2, -0.15) is 0 Å². The quantitative estimate of drug-likeness (QED) is 0.606. The molecule has 0 bridgehead atoms. The van der Waals surface area contributed by atoms with E-state index in [1.807, 2.05) is 30.3 Å². The minimum absolute atomic E-state index is 0.101. The zero-order valence-corrected chi connectivity index (χ0v) is 12.3. The number of para-hydroxylation sites is 1. The van der Waals surface area contributed by atoms with Crippen LogP contribution in [0.15, 0.2) is 30.3 Å². The lowest BCUT2D eigenvalue weighted by molar-refractivity contribution is 0.117. The molecule has 0 atom stereocenters. The lowest BCUT2D eigenvalue weighted by Gasteiger charge is -2.26. The highest BCUT2D eigenvalue weighted by molar-refractivity contribution is 5.74. The number of urea groups is 1. The van der Waals surface area contributed by atoms with Crippen LogP contribution < -0.4 is 16.0 Å². The molecule has 116 valence electrons. The molecular formula is C16H25N3O2. The van der Waals surface area contributed by atoms with Gasteiger partial charge in [0.25, 0.3) is 0 Å². The number of carbonyl (C=O) groups excluding carboxylic acids is 1. The van der Waals surface area contributed by atoms with Crippen molar-refractivity contribution in [3.63, 3.8) is 0 Å². The fraction of sp³-hybridized carbons (Fsp3) is 0.562. The van der Waals surface area contributed by atoms with Crippen LogP contribution in [0.25, 0.3) is 0 Å². The summed E-state index contributed by atoms with van der Waals surface area (Å²) in [5.41, 5.74) is 1.10. The van der Waals surface area contributed by atoms with Gasteiger partial charge in [-0.05, 0) is 44.2 Å². The molecule has 1 aromatic rings. The number of amides is 2. The van der Waals surface area contributed by atoms with E-state index in [9.17, 15) is 9.90 Å². The number of aliphatic hydroxyl groups excluding tert-OH is 1. The van der Waals surface area contributed by atoms with Crippen molar-refractivity contribution >= 4 is 11.7 Å². The Kier molecular flexibility index (Phi) is 6.34. The molecule has 2 amide bonds. The number of carbonyl (C=O) groups is 1. The minimum atomic E-state index is -0.185. The summed E-state index contributed by atoms with van der Waals surface area (Å²) >= 11 is 0. The Labute approximate surface area is 126 Å². The average Bonchev–Trinajstić information content (AvgIpc) is 2.50. The molecule has 0 radical (unpaired) electrons. The third-order valence-corrected chi connectivity index (χ3v) is 3.77. The second-order valence-corrected chi connectivity index (χ2v) is 5.55. The molecule has 1 saturated carbocycles. The molecule has 5 heteroatoms. The highest BCUT2D eigenvalue weighted by Gasteiger charge is 2.20. The molecule has 1 aromatic carbocycles. The van der Waals surface area contributed by atoms with Crippen LogP contribution in [0.3, 0.4) is 0 Å². The lowest BCUT2D eigenvalue weighted by Crippen LogP contribution is -2.44. The second-order valence-electron chi connectivity index (χ2n) is 5.55. The number of hydrogen-bond donors (Lipinski definition) is 4. The molecule has 21 heavy (non-hydrogen) atoms. The Bertz CT molecular complexity index is 417. The van der Waals surface area contributed by atoms with Gasteiger partial charge in [-0.1, -0.05) is 18.2 Å². The summed E-state index contributed by atoms with van der Waals surface area (Å²) < 4.78 is 0. The van der Waals surface area contributed by atoms with Crippen molar-refractivity contribution in [2.24, 2.45) is 0 Å². The van der Waals surface area contributed by atoms with Crippen molar-refractivity contribution in [3.8, 4) is 0 Å². The van der Waals surface area contributed by atoms with E-state index >= 15 is 0 Å². The monoisotopic (exact) mass is 291 g/mol. The van der Waals surface area contributed by atoms with Crippen molar-refractivity contribution in [2.45, 2.75) is 44.2 Å². The van der Waals surface area contributed by atoms with Crippen LogP contribution in [0.5, 0.6) is 0 Å². The van der Waals surface area contributed by atoms with Crippen LogP contribution >= 0.6 is 0 Å². The van der Waals surface area contributed by atoms with E-state index in [1.54, 1.807) is 0 Å². The first kappa shape index (κ1) is 15.6. The zero-order valence-electron chi connectivity index (χ0n) is 12.3. The van der Waals surface area contributed by atoms with Gasteiger partial charge in [-0.25, -0.2) is 4.79 Å². The number of rotatable bonds is 6. The Morgan fingerprint density at radius 1 is 1.10 bits per heavy atom. The van der Waals surface area contributed by atoms with Crippen LogP contribution in [0.4, 0.5) is 10.5 Å². The fourth-order valence-corrected chi connectivity index (χ4v) is 2.54. The highest BCUT2D eigenvalue weighted by atomic mass is 16.3. The topological polar surface area (TPSA) is 73.4 Å². The maximum atomic E-state index is 11.7. The van der Waals surface area contributed by atoms with Gasteiger partial charge in [0.2, 0.25) is 0 Å². The molecular weight excluding hydrogens is 266 g/mol. The number of benzene rings is 1. The molecule has 0 aliphatic heterocycles. The van der Waals surface area contributed by atoms with Gasteiger partial charge >= 0.3 is 6.03 Å². The first-order valence-corrected chi connectivity index (χ1v) is 7.75. The van der Waals surface area contributed by atoms with Crippen molar-refractivity contribution in [1.82, 2.24) is 10.6 Å². The Balaban J connectivity index is 1.51. The molecule has 5 nitrogen and oxygen atoms in total. The molecule has 1 aliphatic carbocycles. The Morgan fingerprint density at radius 3 is 2.52 bits per heavy atom. The lowest BCUT2D eigenvalue weighted by atomic mass is 9.93. The van der Waals surface area contributed by atoms with Crippen LogP contribution in [0, 0.1) is 0 Å². The van der Waals surface area contributed by atoms with Crippen LogP contribution in [0.1, 0.15) is 32.1 Å². The number of nitrogens with one attached hydrogen (secondary N) is 3. The predicted molar refractivity (Wildman–Crippen MR) is 84.3 cm³/mol. The van der Waals surface area contributed by atoms with Gasteiger partial charge in [0.1, 0.15) is 0 Å². The Morgan fingerprint density at radius 2 is 1.81 bits per heavy atom. The SMILES string of the molecule is O=C(NCCCNc1ccccc1)NC1CCC(O)CC1. The van der Waals surface area contributed by atoms with Gasteiger partial charge in [0.05, 0.1) is 6.10 Å². The number of hydrogen-bond acceptors (Lipinski definition) is 3. The molecule has 0 aromatic heterocycles. The summed E-state index contributed by atoms with van der Waals surface area (Å²) in [6, 6.07) is 10.1. The summed E-state index contributed by atoms with van der Waals surface area (Å²) in [5, 5.41) is 18.6. The predicted octanol–water partition coefficient (Wildman–Crippen LogP) is 2.09. The van der Waals surface area contributed by atoms with Crippen LogP contribution in [-0.4, -0.2) is 36.4 Å². The van der Waals surface area contributed by atoms with Crippen molar-refractivity contribution < 1.29 is 9.90 Å². The van der Waals surface area contributed by atoms with Gasteiger partial charge in [0, 0.05) is 24.8 Å². The largest absolute Gasteiger partial charge is 0.393 e. The molecule has 2 rings (SSSR count). The fourth-order valence-electron chi connectivity index (χ4n) is 2.54. The van der Waals surface area contributed by atoms with E-state index < -0.39 is 0 Å². The van der Waals surface area contributed by atoms with Crippen LogP contribution in [0.2, 0.25) is 0 Å². The normalized spacial score (nSPS) is 21.6. The van der Waals surface area contributed by atoms with Gasteiger partial charge < -0.3 is 21.1 Å². The summed E-state index contributed by atoms with van der Waals surface area (Å²) in [6.07, 6.45) is 3.99. The molecule has 1 fully saturated rings. The minimum Gasteiger partial charge on any atom is -0.393 e. The van der Waals surface area contributed by atoms with Gasteiger partial charge in [-0.15, -0.1) is 0 Å². The second kappa shape index (κ2) is 8.52. The summed E-state index contributed by atoms with van der Waals surface area (Å²) in [4.78, 5) is 11.7. The maximum Gasteiger partial charge on any atom is 0.315 e. The molecule has 0 spiro atoms. The average molecular weight is 291 g/mol. The van der Waals surface area contributed by atoms with E-state index in [4.69, 9.17) is 0 Å². The first-order chi connectivity index (χ1) is 10.2. The van der Waals surface area contributed by atoms with E-state index in [0.29, 0.717) is 6.54 Å². The summed E-state index contributed by atoms with van der Waals surface area (Å²) in [5.74, 6) is 0. The van der Waals surface area contributed by atoms with Gasteiger partial charge in [-0.3, -0.25) is 0 Å². The maximum absolute atomic E-state index is 11.7. The van der Waals surface area contributed by atoms with Gasteiger partial charge in [0.15, 0.2) is 0 Å². The molecule has 0 saturated heterocycles. The Hall–Kier alpha value is -1.75. The van der Waals surface area contributed by atoms with Crippen molar-refractivity contribution in [3.05, 3.63) is 30.3 Å². The third-order valence-electron chi connectivity index (χ3n) is 3.77. The van der Waals surface area contributed by atoms with E-state index in [2.05, 4.69) is 16.0 Å². The first-order valence-electron chi connectivity index (χ1n) is 7.75. The highest BCUT2D eigenvalue weighted by Crippen LogP contribution is 2.17. The smallest absolute Gasteiger partial charge is 0.315 e. The summed E-state index contributed by atoms with van der Waals surface area (Å²) in [7, 11) is 0. The molecule has 1 aliphatic rings. The standard InChI is InChI=1S/C16H25N3O2/c20-15-9-7-14(8-10-15)19-16(21)18-12-4-11-17-13-5-2-1-3-6-13/h1-3,5-6,14-15,17,20H,4,7-12H2,(H2,18,19,21). The van der Waals surface area contributed by atoms with Crippen molar-refractivity contribution in [2.75, 3.05) is 18.4 Å². The zero-order chi connectivity index (χ0) is 14.9. The number of aliphatic hydroxyl groups is 1. The van der Waals surface area contributed by atoms with E-state index in [-0.39, 0.29) is 18.2 Å². The molecule has 0 unspecified atom stereocenters. The van der Waals surface area contributed by atoms with E-state index in [0.717, 1.165) is 44.3 Å². The van der Waals surface area contributed by atoms with Crippen LogP contribution in [-0.2, 0) is 0 Å². The molecule has 0 heterocycles. The number of anilines is 1. The third kappa shape index (κ3) is 6.04. The summed E-state index contributed by atoms with van der Waals surface area (Å²) in [6.45, 7) is 1.49. The van der Waals surface area contributed by atoms with E-state index in [1.165, 1.54) is 0 Å².